The van der Waals surface area contributed by atoms with Crippen LogP contribution in [0.1, 0.15) is 42.1 Å². The normalized spacial score (nSPS) is 17.7. The zero-order chi connectivity index (χ0) is 13.3. The van der Waals surface area contributed by atoms with Gasteiger partial charge in [-0.15, -0.1) is 0 Å². The minimum Gasteiger partial charge on any atom is -0.308 e. The van der Waals surface area contributed by atoms with Gasteiger partial charge < -0.3 is 5.32 Å². The van der Waals surface area contributed by atoms with Gasteiger partial charge in [0.1, 0.15) is 11.1 Å². The monoisotopic (exact) mass is 269 g/mol. The lowest BCUT2D eigenvalue weighted by molar-refractivity contribution is 0.587. The highest BCUT2D eigenvalue weighted by Gasteiger charge is 2.23. The van der Waals surface area contributed by atoms with Crippen molar-refractivity contribution < 1.29 is 8.42 Å². The van der Waals surface area contributed by atoms with Crippen LogP contribution in [0.4, 0.5) is 0 Å². The Balaban J connectivity index is 2.19. The summed E-state index contributed by atoms with van der Waals surface area (Å²) in [5.74, 6) is 0.385. The third-order valence-electron chi connectivity index (χ3n) is 3.24. The molecule has 0 aliphatic heterocycles. The SMILES string of the molecule is Cc1cnc(C(C)S(C)(=O)=O)nc1CNC1CC1. The van der Waals surface area contributed by atoms with Crippen molar-refractivity contribution in [2.24, 2.45) is 0 Å². The molecule has 18 heavy (non-hydrogen) atoms. The van der Waals surface area contributed by atoms with Crippen molar-refractivity contribution in [2.75, 3.05) is 6.26 Å². The van der Waals surface area contributed by atoms with Gasteiger partial charge in [0, 0.05) is 25.0 Å². The first-order valence-electron chi connectivity index (χ1n) is 6.12. The van der Waals surface area contributed by atoms with Gasteiger partial charge >= 0.3 is 0 Å². The number of aromatic nitrogens is 2. The predicted octanol–water partition coefficient (Wildman–Crippen LogP) is 1.14. The van der Waals surface area contributed by atoms with Crippen molar-refractivity contribution >= 4 is 9.84 Å². The molecule has 1 fully saturated rings. The van der Waals surface area contributed by atoms with E-state index in [0.29, 0.717) is 18.4 Å². The van der Waals surface area contributed by atoms with Gasteiger partial charge in [0.25, 0.3) is 0 Å². The van der Waals surface area contributed by atoms with E-state index in [0.717, 1.165) is 11.3 Å². The molecule has 6 heteroatoms. The van der Waals surface area contributed by atoms with Crippen LogP contribution in [0, 0.1) is 6.92 Å². The summed E-state index contributed by atoms with van der Waals surface area (Å²) >= 11 is 0. The van der Waals surface area contributed by atoms with E-state index in [1.54, 1.807) is 13.1 Å². The Labute approximate surface area is 108 Å². The van der Waals surface area contributed by atoms with E-state index in [4.69, 9.17) is 0 Å². The van der Waals surface area contributed by atoms with Gasteiger partial charge in [-0.25, -0.2) is 18.4 Å². The van der Waals surface area contributed by atoms with Gasteiger partial charge in [0.15, 0.2) is 9.84 Å². The molecule has 0 amide bonds. The average molecular weight is 269 g/mol. The first-order valence-corrected chi connectivity index (χ1v) is 8.08. The van der Waals surface area contributed by atoms with E-state index in [-0.39, 0.29) is 0 Å². The molecule has 0 spiro atoms. The van der Waals surface area contributed by atoms with Crippen molar-refractivity contribution in [3.05, 3.63) is 23.3 Å². The molecule has 0 aromatic carbocycles. The molecule has 1 heterocycles. The average Bonchev–Trinajstić information content (AvgIpc) is 3.10. The minimum absolute atomic E-state index is 0.385. The molecule has 0 saturated heterocycles. The van der Waals surface area contributed by atoms with Crippen LogP contribution < -0.4 is 5.32 Å². The molecular weight excluding hydrogens is 250 g/mol. The zero-order valence-corrected chi connectivity index (χ0v) is 11.8. The fourth-order valence-corrected chi connectivity index (χ4v) is 2.08. The molecule has 1 unspecified atom stereocenters. The summed E-state index contributed by atoms with van der Waals surface area (Å²) in [7, 11) is -3.15. The molecule has 100 valence electrons. The smallest absolute Gasteiger partial charge is 0.157 e. The summed E-state index contributed by atoms with van der Waals surface area (Å²) in [5, 5.41) is 2.72. The predicted molar refractivity (Wildman–Crippen MR) is 69.9 cm³/mol. The van der Waals surface area contributed by atoms with Gasteiger partial charge in [-0.2, -0.15) is 0 Å². The number of rotatable bonds is 5. The van der Waals surface area contributed by atoms with Crippen LogP contribution in [-0.2, 0) is 16.4 Å². The summed E-state index contributed by atoms with van der Waals surface area (Å²) in [6.07, 6.45) is 5.35. The van der Waals surface area contributed by atoms with Crippen LogP contribution in [0.3, 0.4) is 0 Å². The van der Waals surface area contributed by atoms with E-state index in [2.05, 4.69) is 15.3 Å². The number of nitrogens with zero attached hydrogens (tertiary/aromatic N) is 2. The van der Waals surface area contributed by atoms with Crippen molar-refractivity contribution in [3.63, 3.8) is 0 Å². The van der Waals surface area contributed by atoms with E-state index >= 15 is 0 Å². The second kappa shape index (κ2) is 4.93. The fourth-order valence-electron chi connectivity index (χ4n) is 1.59. The molecule has 1 saturated carbocycles. The lowest BCUT2D eigenvalue weighted by Gasteiger charge is -2.11. The molecule has 2 rings (SSSR count). The highest BCUT2D eigenvalue weighted by Crippen LogP contribution is 2.21. The first kappa shape index (κ1) is 13.4. The molecule has 1 aliphatic carbocycles. The van der Waals surface area contributed by atoms with Gasteiger partial charge in [-0.1, -0.05) is 0 Å². The Morgan fingerprint density at radius 3 is 2.72 bits per heavy atom. The quantitative estimate of drug-likeness (QED) is 0.868. The van der Waals surface area contributed by atoms with E-state index in [1.807, 2.05) is 6.92 Å². The van der Waals surface area contributed by atoms with Crippen molar-refractivity contribution in [3.8, 4) is 0 Å². The summed E-state index contributed by atoms with van der Waals surface area (Å²) in [6.45, 7) is 4.25. The van der Waals surface area contributed by atoms with Crippen LogP contribution in [0.2, 0.25) is 0 Å². The molecule has 1 aromatic heterocycles. The Bertz CT molecular complexity index is 538. The maximum atomic E-state index is 11.5. The van der Waals surface area contributed by atoms with Gasteiger partial charge in [-0.3, -0.25) is 0 Å². The van der Waals surface area contributed by atoms with Crippen LogP contribution in [0.15, 0.2) is 6.20 Å². The van der Waals surface area contributed by atoms with Gasteiger partial charge in [-0.05, 0) is 32.3 Å². The Hall–Kier alpha value is -1.01. The molecule has 1 atom stereocenters. The Morgan fingerprint density at radius 1 is 1.50 bits per heavy atom. The Morgan fingerprint density at radius 2 is 2.17 bits per heavy atom. The third-order valence-corrected chi connectivity index (χ3v) is 4.73. The van der Waals surface area contributed by atoms with Gasteiger partial charge in [0.05, 0.1) is 5.69 Å². The zero-order valence-electron chi connectivity index (χ0n) is 11.0. The second-order valence-corrected chi connectivity index (χ2v) is 7.35. The highest BCUT2D eigenvalue weighted by molar-refractivity contribution is 7.90. The maximum absolute atomic E-state index is 11.5. The standard InChI is InChI=1S/C12H19N3O2S/c1-8-6-14-12(9(2)18(3,16)17)15-11(8)7-13-10-4-5-10/h6,9-10,13H,4-5,7H2,1-3H3. The number of aryl methyl sites for hydroxylation is 1. The molecule has 1 N–H and O–H groups in total. The number of hydrogen-bond acceptors (Lipinski definition) is 5. The largest absolute Gasteiger partial charge is 0.308 e. The maximum Gasteiger partial charge on any atom is 0.157 e. The van der Waals surface area contributed by atoms with Crippen LogP contribution in [0.5, 0.6) is 0 Å². The summed E-state index contributed by atoms with van der Waals surface area (Å²) in [5.41, 5.74) is 1.88. The summed E-state index contributed by atoms with van der Waals surface area (Å²) < 4.78 is 23.0. The lowest BCUT2D eigenvalue weighted by atomic mass is 10.2. The molecular formula is C12H19N3O2S. The fraction of sp³-hybridized carbons (Fsp3) is 0.667. The third kappa shape index (κ3) is 3.26. The molecule has 5 nitrogen and oxygen atoms in total. The minimum atomic E-state index is -3.15. The summed E-state index contributed by atoms with van der Waals surface area (Å²) in [6, 6.07) is 0.607. The van der Waals surface area contributed by atoms with Crippen molar-refractivity contribution in [2.45, 2.75) is 44.5 Å². The Kier molecular flexibility index (Phi) is 3.68. The number of sulfone groups is 1. The summed E-state index contributed by atoms with van der Waals surface area (Å²) in [4.78, 5) is 8.52. The second-order valence-electron chi connectivity index (χ2n) is 4.98. The van der Waals surface area contributed by atoms with E-state index in [1.165, 1.54) is 19.1 Å². The first-order chi connectivity index (χ1) is 8.38. The van der Waals surface area contributed by atoms with Crippen LogP contribution >= 0.6 is 0 Å². The van der Waals surface area contributed by atoms with Crippen molar-refractivity contribution in [1.29, 1.82) is 0 Å². The lowest BCUT2D eigenvalue weighted by Crippen LogP contribution is -2.19. The van der Waals surface area contributed by atoms with Crippen LogP contribution in [-0.4, -0.2) is 30.7 Å². The molecule has 1 aromatic rings. The number of nitrogens with one attached hydrogen (secondary N) is 1. The number of hydrogen-bond donors (Lipinski definition) is 1. The molecule has 1 aliphatic rings. The molecule has 0 bridgehead atoms. The van der Waals surface area contributed by atoms with E-state index in [9.17, 15) is 8.42 Å². The van der Waals surface area contributed by atoms with Crippen LogP contribution in [0.25, 0.3) is 0 Å². The van der Waals surface area contributed by atoms with Crippen molar-refractivity contribution in [1.82, 2.24) is 15.3 Å². The molecule has 0 radical (unpaired) electrons. The highest BCUT2D eigenvalue weighted by atomic mass is 32.2. The van der Waals surface area contributed by atoms with Gasteiger partial charge in [0.2, 0.25) is 0 Å². The van der Waals surface area contributed by atoms with E-state index < -0.39 is 15.1 Å². The topological polar surface area (TPSA) is 72.0 Å².